The van der Waals surface area contributed by atoms with Gasteiger partial charge in [-0.05, 0) is 31.5 Å². The molecule has 0 aliphatic carbocycles. The number of hydrogen-bond acceptors (Lipinski definition) is 4. The molecule has 1 atom stereocenters. The molecule has 0 aromatic heterocycles. The van der Waals surface area contributed by atoms with Crippen LogP contribution in [-0.4, -0.2) is 39.0 Å². The van der Waals surface area contributed by atoms with Gasteiger partial charge in [-0.25, -0.2) is 8.42 Å². The van der Waals surface area contributed by atoms with Gasteiger partial charge in [-0.15, -0.1) is 0 Å². The molecule has 0 saturated carbocycles. The van der Waals surface area contributed by atoms with E-state index in [0.717, 1.165) is 12.8 Å². The minimum atomic E-state index is -3.92. The topological polar surface area (TPSA) is 75.7 Å². The lowest BCUT2D eigenvalue weighted by molar-refractivity contribution is -0.0258. The van der Waals surface area contributed by atoms with E-state index in [1.807, 2.05) is 13.8 Å². The molecule has 0 aliphatic heterocycles. The number of nitrogens with one attached hydrogen (secondary N) is 1. The molecule has 0 bridgehead atoms. The predicted molar refractivity (Wildman–Crippen MR) is 85.2 cm³/mol. The summed E-state index contributed by atoms with van der Waals surface area (Å²) in [6, 6.07) is 4.13. The maximum Gasteiger partial charge on any atom is 0.266 e. The quantitative estimate of drug-likeness (QED) is 0.768. The van der Waals surface area contributed by atoms with Crippen LogP contribution in [0.15, 0.2) is 23.1 Å². The number of hydroxylamine groups is 1. The highest BCUT2D eigenvalue weighted by Crippen LogP contribution is 2.25. The van der Waals surface area contributed by atoms with E-state index in [-0.39, 0.29) is 27.4 Å². The Morgan fingerprint density at radius 2 is 2.09 bits per heavy atom. The van der Waals surface area contributed by atoms with E-state index < -0.39 is 10.0 Å². The van der Waals surface area contributed by atoms with Gasteiger partial charge in [0.15, 0.2) is 0 Å². The van der Waals surface area contributed by atoms with Gasteiger partial charge in [0.1, 0.15) is 4.90 Å². The highest BCUT2D eigenvalue weighted by Gasteiger charge is 2.25. The summed E-state index contributed by atoms with van der Waals surface area (Å²) in [6.45, 7) is 3.92. The minimum Gasteiger partial charge on any atom is -0.350 e. The number of rotatable bonds is 7. The van der Waals surface area contributed by atoms with Crippen molar-refractivity contribution in [2.75, 3.05) is 14.2 Å². The summed E-state index contributed by atoms with van der Waals surface area (Å²) in [5.41, 5.74) is 0.232. The summed E-state index contributed by atoms with van der Waals surface area (Å²) in [6.07, 6.45) is 1.79. The Morgan fingerprint density at radius 3 is 2.64 bits per heavy atom. The van der Waals surface area contributed by atoms with Crippen LogP contribution in [0, 0.1) is 0 Å². The molecule has 0 aliphatic rings. The van der Waals surface area contributed by atoms with Crippen LogP contribution in [0.1, 0.15) is 37.0 Å². The summed E-state index contributed by atoms with van der Waals surface area (Å²) in [5, 5.41) is 2.85. The Morgan fingerprint density at radius 1 is 1.45 bits per heavy atom. The van der Waals surface area contributed by atoms with Crippen molar-refractivity contribution in [1.29, 1.82) is 0 Å². The fraction of sp³-hybridized carbons (Fsp3) is 0.500. The summed E-state index contributed by atoms with van der Waals surface area (Å²) < 4.78 is 25.2. The molecule has 1 N–H and O–H groups in total. The van der Waals surface area contributed by atoms with Crippen LogP contribution in [0.2, 0.25) is 5.02 Å². The zero-order chi connectivity index (χ0) is 16.9. The van der Waals surface area contributed by atoms with Crippen molar-refractivity contribution in [3.8, 4) is 0 Å². The van der Waals surface area contributed by atoms with Gasteiger partial charge in [-0.2, -0.15) is 0 Å². The van der Waals surface area contributed by atoms with Crippen LogP contribution in [-0.2, 0) is 14.9 Å². The largest absolute Gasteiger partial charge is 0.350 e. The average Bonchev–Trinajstić information content (AvgIpc) is 2.46. The Bertz CT molecular complexity index is 634. The standard InChI is InChI=1S/C14H21ClN2O4S/c1-5-6-10(2)16-14(18)11-7-8-12(15)13(9-11)22(19,20)17(3)21-4/h7-10H,5-6H2,1-4H3,(H,16,18). The first-order valence-corrected chi connectivity index (χ1v) is 8.69. The second kappa shape index (κ2) is 7.92. The van der Waals surface area contributed by atoms with Gasteiger partial charge >= 0.3 is 0 Å². The Hall–Kier alpha value is -1.15. The first-order chi connectivity index (χ1) is 10.2. The molecule has 1 rings (SSSR count). The highest BCUT2D eigenvalue weighted by molar-refractivity contribution is 7.89. The number of halogens is 1. The van der Waals surface area contributed by atoms with E-state index in [1.54, 1.807) is 0 Å². The van der Waals surface area contributed by atoms with E-state index in [1.165, 1.54) is 32.4 Å². The SMILES string of the molecule is CCCC(C)NC(=O)c1ccc(Cl)c(S(=O)(=O)N(C)OC)c1. The van der Waals surface area contributed by atoms with Crippen molar-refractivity contribution >= 4 is 27.5 Å². The number of carbonyl (C=O) groups is 1. The zero-order valence-corrected chi connectivity index (χ0v) is 14.7. The third-order valence-electron chi connectivity index (χ3n) is 3.17. The summed E-state index contributed by atoms with van der Waals surface area (Å²) in [7, 11) is -1.43. The highest BCUT2D eigenvalue weighted by atomic mass is 35.5. The van der Waals surface area contributed by atoms with Crippen molar-refractivity contribution in [3.63, 3.8) is 0 Å². The third-order valence-corrected chi connectivity index (χ3v) is 5.33. The van der Waals surface area contributed by atoms with Gasteiger partial charge in [0.2, 0.25) is 0 Å². The lowest BCUT2D eigenvalue weighted by Crippen LogP contribution is -2.32. The molecule has 8 heteroatoms. The van der Waals surface area contributed by atoms with Crippen molar-refractivity contribution in [1.82, 2.24) is 9.79 Å². The molecule has 1 unspecified atom stereocenters. The van der Waals surface area contributed by atoms with Gasteiger partial charge in [0.25, 0.3) is 15.9 Å². The molecule has 1 aromatic carbocycles. The van der Waals surface area contributed by atoms with Crippen LogP contribution < -0.4 is 5.32 Å². The van der Waals surface area contributed by atoms with E-state index in [0.29, 0.717) is 4.47 Å². The average molecular weight is 349 g/mol. The maximum absolute atomic E-state index is 12.3. The predicted octanol–water partition coefficient (Wildman–Crippen LogP) is 2.44. The fourth-order valence-corrected chi connectivity index (χ4v) is 3.36. The molecule has 0 saturated heterocycles. The van der Waals surface area contributed by atoms with Gasteiger partial charge < -0.3 is 5.32 Å². The molecule has 0 fully saturated rings. The van der Waals surface area contributed by atoms with Gasteiger partial charge in [0, 0.05) is 18.7 Å². The van der Waals surface area contributed by atoms with E-state index in [2.05, 4.69) is 5.32 Å². The first kappa shape index (κ1) is 18.9. The lowest BCUT2D eigenvalue weighted by atomic mass is 10.1. The van der Waals surface area contributed by atoms with Crippen molar-refractivity contribution in [2.45, 2.75) is 37.6 Å². The van der Waals surface area contributed by atoms with E-state index in [4.69, 9.17) is 16.4 Å². The normalized spacial score (nSPS) is 13.2. The van der Waals surface area contributed by atoms with Crippen LogP contribution in [0.25, 0.3) is 0 Å². The first-order valence-electron chi connectivity index (χ1n) is 6.87. The van der Waals surface area contributed by atoms with Gasteiger partial charge in [0.05, 0.1) is 12.1 Å². The smallest absolute Gasteiger partial charge is 0.266 e. The minimum absolute atomic E-state index is 0.00915. The molecule has 6 nitrogen and oxygen atoms in total. The number of benzene rings is 1. The van der Waals surface area contributed by atoms with Gasteiger partial charge in [-0.3, -0.25) is 9.63 Å². The second-order valence-electron chi connectivity index (χ2n) is 4.91. The Balaban J connectivity index is 3.12. The maximum atomic E-state index is 12.3. The van der Waals surface area contributed by atoms with Crippen molar-refractivity contribution in [3.05, 3.63) is 28.8 Å². The molecular weight excluding hydrogens is 328 g/mol. The molecule has 0 radical (unpaired) electrons. The number of sulfonamides is 1. The molecule has 124 valence electrons. The van der Waals surface area contributed by atoms with Crippen molar-refractivity contribution < 1.29 is 18.0 Å². The third kappa shape index (κ3) is 4.42. The number of carbonyl (C=O) groups excluding carboxylic acids is 1. The summed E-state index contributed by atoms with van der Waals surface area (Å²) in [4.78, 5) is 16.7. The van der Waals surface area contributed by atoms with Crippen LogP contribution in [0.5, 0.6) is 0 Å². The number of hydrogen-bond donors (Lipinski definition) is 1. The summed E-state index contributed by atoms with van der Waals surface area (Å²) >= 11 is 5.95. The Kier molecular flexibility index (Phi) is 6.80. The zero-order valence-electron chi connectivity index (χ0n) is 13.1. The Labute approximate surface area is 136 Å². The van der Waals surface area contributed by atoms with Crippen molar-refractivity contribution in [2.24, 2.45) is 0 Å². The van der Waals surface area contributed by atoms with E-state index in [9.17, 15) is 13.2 Å². The van der Waals surface area contributed by atoms with Crippen LogP contribution >= 0.6 is 11.6 Å². The molecule has 0 heterocycles. The molecule has 22 heavy (non-hydrogen) atoms. The number of nitrogens with zero attached hydrogens (tertiary/aromatic N) is 1. The lowest BCUT2D eigenvalue weighted by Gasteiger charge is -2.17. The second-order valence-corrected chi connectivity index (χ2v) is 7.22. The summed E-state index contributed by atoms with van der Waals surface area (Å²) in [5.74, 6) is -0.339. The van der Waals surface area contributed by atoms with E-state index >= 15 is 0 Å². The van der Waals surface area contributed by atoms with Crippen LogP contribution in [0.3, 0.4) is 0 Å². The van der Waals surface area contributed by atoms with Gasteiger partial charge in [-0.1, -0.05) is 29.4 Å². The monoisotopic (exact) mass is 348 g/mol. The molecule has 0 spiro atoms. The van der Waals surface area contributed by atoms with Crippen LogP contribution in [0.4, 0.5) is 0 Å². The molecule has 1 aromatic rings. The molecular formula is C14H21ClN2O4S. The number of amides is 1. The molecule has 1 amide bonds. The fourth-order valence-electron chi connectivity index (χ4n) is 1.89.